The zero-order chi connectivity index (χ0) is 19.9. The molecule has 0 radical (unpaired) electrons. The highest BCUT2D eigenvalue weighted by Crippen LogP contribution is 2.29. The molecule has 0 unspecified atom stereocenters. The van der Waals surface area contributed by atoms with Gasteiger partial charge in [-0.25, -0.2) is 4.98 Å². The number of benzene rings is 2. The first kappa shape index (κ1) is 20.4. The van der Waals surface area contributed by atoms with E-state index >= 15 is 0 Å². The molecule has 0 bridgehead atoms. The van der Waals surface area contributed by atoms with E-state index in [0.717, 1.165) is 46.4 Å². The van der Waals surface area contributed by atoms with Gasteiger partial charge in [0.1, 0.15) is 0 Å². The Labute approximate surface area is 173 Å². The van der Waals surface area contributed by atoms with E-state index in [-0.39, 0.29) is 11.1 Å². The number of carbonyl (C=O) groups excluding carboxylic acids is 2. The minimum atomic E-state index is -0.0717. The first-order chi connectivity index (χ1) is 13.5. The van der Waals surface area contributed by atoms with E-state index in [1.165, 1.54) is 9.60 Å². The highest BCUT2D eigenvalue weighted by Gasteiger charge is 2.12. The Balaban J connectivity index is 1.47. The van der Waals surface area contributed by atoms with Gasteiger partial charge in [0.15, 0.2) is 0 Å². The molecule has 28 heavy (non-hydrogen) atoms. The number of thiazole rings is 1. The summed E-state index contributed by atoms with van der Waals surface area (Å²) in [5, 5.41) is 3.98. The van der Waals surface area contributed by atoms with Gasteiger partial charge < -0.3 is 10.2 Å². The molecule has 0 aliphatic rings. The first-order valence-electron chi connectivity index (χ1n) is 9.15. The standard InChI is InChI=1S/C21H23N3O2S2/c1-24(2)21(26)28-18-12-6-3-9-15(18)22-19(25)13-7-8-14-20-23-16-10-4-5-11-17(16)27-20/h3-6,9-12H,7-8,13-14H2,1-2H3,(H,22,25). The molecule has 2 aromatic carbocycles. The number of fused-ring (bicyclic) bond motifs is 1. The lowest BCUT2D eigenvalue weighted by Gasteiger charge is -2.13. The predicted molar refractivity (Wildman–Crippen MR) is 117 cm³/mol. The molecular formula is C21H23N3O2S2. The molecule has 0 aliphatic carbocycles. The van der Waals surface area contributed by atoms with Crippen molar-refractivity contribution in [3.05, 3.63) is 53.5 Å². The van der Waals surface area contributed by atoms with Crippen LogP contribution in [-0.4, -0.2) is 35.1 Å². The summed E-state index contributed by atoms with van der Waals surface area (Å²) >= 11 is 2.83. The van der Waals surface area contributed by atoms with Crippen molar-refractivity contribution >= 4 is 50.1 Å². The molecule has 0 saturated heterocycles. The number of carbonyl (C=O) groups is 2. The fourth-order valence-corrected chi connectivity index (χ4v) is 4.40. The van der Waals surface area contributed by atoms with E-state index in [2.05, 4.69) is 16.4 Å². The van der Waals surface area contributed by atoms with Crippen molar-refractivity contribution in [2.24, 2.45) is 0 Å². The number of nitrogens with zero attached hydrogens (tertiary/aromatic N) is 2. The van der Waals surface area contributed by atoms with E-state index in [1.807, 2.05) is 42.5 Å². The van der Waals surface area contributed by atoms with Gasteiger partial charge in [-0.05, 0) is 55.3 Å². The number of para-hydroxylation sites is 2. The Hall–Kier alpha value is -2.38. The number of nitrogens with one attached hydrogen (secondary N) is 1. The normalized spacial score (nSPS) is 10.8. The fourth-order valence-electron chi connectivity index (χ4n) is 2.65. The molecule has 1 aromatic heterocycles. The summed E-state index contributed by atoms with van der Waals surface area (Å²) in [5.41, 5.74) is 1.72. The van der Waals surface area contributed by atoms with Crippen molar-refractivity contribution in [3.63, 3.8) is 0 Å². The lowest BCUT2D eigenvalue weighted by molar-refractivity contribution is -0.116. The molecule has 1 heterocycles. The first-order valence-corrected chi connectivity index (χ1v) is 10.8. The number of unbranched alkanes of at least 4 members (excludes halogenated alkanes) is 1. The van der Waals surface area contributed by atoms with Crippen LogP contribution >= 0.6 is 23.1 Å². The summed E-state index contributed by atoms with van der Waals surface area (Å²) in [7, 11) is 3.42. The number of anilines is 1. The SMILES string of the molecule is CN(C)C(=O)Sc1ccccc1NC(=O)CCCCc1nc2ccccc2s1. The van der Waals surface area contributed by atoms with Gasteiger partial charge >= 0.3 is 0 Å². The smallest absolute Gasteiger partial charge is 0.286 e. The van der Waals surface area contributed by atoms with Gasteiger partial charge in [-0.1, -0.05) is 24.3 Å². The minimum Gasteiger partial charge on any atom is -0.339 e. The molecular weight excluding hydrogens is 390 g/mol. The number of aromatic nitrogens is 1. The van der Waals surface area contributed by atoms with Crippen LogP contribution in [0, 0.1) is 0 Å². The highest BCUT2D eigenvalue weighted by atomic mass is 32.2. The van der Waals surface area contributed by atoms with E-state index in [9.17, 15) is 9.59 Å². The van der Waals surface area contributed by atoms with E-state index in [1.54, 1.807) is 25.4 Å². The van der Waals surface area contributed by atoms with Crippen LogP contribution in [0.25, 0.3) is 10.2 Å². The molecule has 146 valence electrons. The number of aryl methyl sites for hydroxylation is 1. The third-order valence-electron chi connectivity index (χ3n) is 4.11. The number of hydrogen-bond donors (Lipinski definition) is 1. The van der Waals surface area contributed by atoms with Gasteiger partial charge in [-0.15, -0.1) is 11.3 Å². The summed E-state index contributed by atoms with van der Waals surface area (Å²) in [6, 6.07) is 15.5. The molecule has 2 amide bonds. The van der Waals surface area contributed by atoms with Crippen LogP contribution in [0.5, 0.6) is 0 Å². The van der Waals surface area contributed by atoms with Gasteiger partial charge in [0.2, 0.25) is 5.91 Å². The van der Waals surface area contributed by atoms with Crippen LogP contribution in [0.4, 0.5) is 10.5 Å². The van der Waals surface area contributed by atoms with Crippen LogP contribution in [0.15, 0.2) is 53.4 Å². The summed E-state index contributed by atoms with van der Waals surface area (Å²) in [6.45, 7) is 0. The van der Waals surface area contributed by atoms with Crippen molar-refractivity contribution < 1.29 is 9.59 Å². The number of rotatable bonds is 7. The van der Waals surface area contributed by atoms with Crippen LogP contribution in [0.2, 0.25) is 0 Å². The Bertz CT molecular complexity index is 936. The van der Waals surface area contributed by atoms with Gasteiger partial charge in [0, 0.05) is 25.4 Å². The third kappa shape index (κ3) is 5.56. The Morgan fingerprint density at radius 3 is 2.61 bits per heavy atom. The molecule has 3 aromatic rings. The van der Waals surface area contributed by atoms with E-state index in [4.69, 9.17) is 0 Å². The van der Waals surface area contributed by atoms with Crippen LogP contribution < -0.4 is 5.32 Å². The largest absolute Gasteiger partial charge is 0.339 e. The van der Waals surface area contributed by atoms with E-state index < -0.39 is 0 Å². The average molecular weight is 414 g/mol. The third-order valence-corrected chi connectivity index (χ3v) is 6.32. The zero-order valence-electron chi connectivity index (χ0n) is 16.0. The number of amides is 2. The molecule has 0 saturated carbocycles. The molecule has 0 spiro atoms. The van der Waals surface area contributed by atoms with Crippen LogP contribution in [-0.2, 0) is 11.2 Å². The average Bonchev–Trinajstić information content (AvgIpc) is 3.09. The fraction of sp³-hybridized carbons (Fsp3) is 0.286. The van der Waals surface area contributed by atoms with Crippen LogP contribution in [0.1, 0.15) is 24.3 Å². The monoisotopic (exact) mass is 413 g/mol. The van der Waals surface area contributed by atoms with Crippen molar-refractivity contribution in [1.29, 1.82) is 0 Å². The molecule has 1 N–H and O–H groups in total. The van der Waals surface area contributed by atoms with Crippen molar-refractivity contribution in [3.8, 4) is 0 Å². The maximum atomic E-state index is 12.3. The van der Waals surface area contributed by atoms with Crippen LogP contribution in [0.3, 0.4) is 0 Å². The number of thioether (sulfide) groups is 1. The summed E-state index contributed by atoms with van der Waals surface area (Å²) < 4.78 is 1.21. The summed E-state index contributed by atoms with van der Waals surface area (Å²) in [5.74, 6) is -0.0327. The van der Waals surface area contributed by atoms with E-state index in [0.29, 0.717) is 12.1 Å². The minimum absolute atomic E-state index is 0.0327. The van der Waals surface area contributed by atoms with Crippen molar-refractivity contribution in [1.82, 2.24) is 9.88 Å². The lowest BCUT2D eigenvalue weighted by Crippen LogP contribution is -2.17. The maximum absolute atomic E-state index is 12.3. The molecule has 0 fully saturated rings. The molecule has 3 rings (SSSR count). The molecule has 5 nitrogen and oxygen atoms in total. The lowest BCUT2D eigenvalue weighted by atomic mass is 10.2. The second-order valence-corrected chi connectivity index (χ2v) is 8.70. The molecule has 0 aliphatic heterocycles. The Morgan fingerprint density at radius 1 is 1.07 bits per heavy atom. The van der Waals surface area contributed by atoms with Gasteiger partial charge in [0.05, 0.1) is 20.9 Å². The maximum Gasteiger partial charge on any atom is 0.286 e. The predicted octanol–water partition coefficient (Wildman–Crippen LogP) is 5.42. The molecule has 7 heteroatoms. The summed E-state index contributed by atoms with van der Waals surface area (Å²) in [4.78, 5) is 31.1. The second-order valence-electron chi connectivity index (χ2n) is 6.59. The second kappa shape index (κ2) is 9.71. The Morgan fingerprint density at radius 2 is 1.82 bits per heavy atom. The highest BCUT2D eigenvalue weighted by molar-refractivity contribution is 8.13. The quantitative estimate of drug-likeness (QED) is 0.415. The number of hydrogen-bond acceptors (Lipinski definition) is 5. The molecule has 0 atom stereocenters. The van der Waals surface area contributed by atoms with Gasteiger partial charge in [-0.2, -0.15) is 0 Å². The van der Waals surface area contributed by atoms with Gasteiger partial charge in [0.25, 0.3) is 5.24 Å². The Kier molecular flexibility index (Phi) is 7.06. The summed E-state index contributed by atoms with van der Waals surface area (Å²) in [6.07, 6.45) is 3.05. The zero-order valence-corrected chi connectivity index (χ0v) is 17.6. The topological polar surface area (TPSA) is 62.3 Å². The van der Waals surface area contributed by atoms with Crippen molar-refractivity contribution in [2.45, 2.75) is 30.6 Å². The van der Waals surface area contributed by atoms with Gasteiger partial charge in [-0.3, -0.25) is 9.59 Å². The van der Waals surface area contributed by atoms with Crippen molar-refractivity contribution in [2.75, 3.05) is 19.4 Å².